The average molecular weight is 505 g/mol. The van der Waals surface area contributed by atoms with Gasteiger partial charge in [0.1, 0.15) is 11.4 Å². The first kappa shape index (κ1) is 26.5. The Labute approximate surface area is 211 Å². The second-order valence-corrected chi connectivity index (χ2v) is 10.0. The zero-order valence-corrected chi connectivity index (χ0v) is 22.3. The molecule has 0 spiro atoms. The van der Waals surface area contributed by atoms with E-state index in [9.17, 15) is 0 Å². The normalized spacial score (nSPS) is 17.0. The van der Waals surface area contributed by atoms with Crippen molar-refractivity contribution in [3.05, 3.63) is 36.2 Å². The molecule has 2 aliphatic heterocycles. The van der Waals surface area contributed by atoms with E-state index in [2.05, 4.69) is 74.0 Å². The Morgan fingerprint density at radius 2 is 1.44 bits per heavy atom. The van der Waals surface area contributed by atoms with Gasteiger partial charge in [0.15, 0.2) is 0 Å². The largest absolute Gasteiger partial charge is 0.475 e. The van der Waals surface area contributed by atoms with Gasteiger partial charge in [0, 0.05) is 26.2 Å². The maximum absolute atomic E-state index is 5.70. The lowest BCUT2D eigenvalue weighted by molar-refractivity contribution is 0.262. The standard InChI is InChI=1S/C12H19N3OS.C12H17N3OS/c1-9(2)8-16-12-11(13-17-14-12)10-5-4-6-15(3)7-10;1-3-4-8-16-12-11(13-17-14-12)10-6-5-7-15(2)9-10/h5,9H,4,6-8H2,1-3H3;3,6H,1,4-5,7-9H2,2H3. The maximum Gasteiger partial charge on any atom is 0.253 e. The maximum atomic E-state index is 5.70. The topological polar surface area (TPSA) is 76.5 Å². The molecule has 4 heterocycles. The molecule has 0 saturated carbocycles. The third-order valence-electron chi connectivity index (χ3n) is 5.32. The van der Waals surface area contributed by atoms with Crippen LogP contribution in [-0.2, 0) is 0 Å². The predicted molar refractivity (Wildman–Crippen MR) is 141 cm³/mol. The van der Waals surface area contributed by atoms with Crippen molar-refractivity contribution in [1.29, 1.82) is 0 Å². The number of hydrogen-bond acceptors (Lipinski definition) is 10. The SMILES string of the molecule is C=CCCOc1nsnc1C1=CCCN(C)C1.CC(C)COc1nsnc1C1=CCCN(C)C1. The summed E-state index contributed by atoms with van der Waals surface area (Å²) in [5, 5.41) is 0. The molecule has 2 aromatic heterocycles. The van der Waals surface area contributed by atoms with Crippen molar-refractivity contribution >= 4 is 34.6 Å². The van der Waals surface area contributed by atoms with E-state index in [1.807, 2.05) is 6.08 Å². The Morgan fingerprint density at radius 1 is 0.912 bits per heavy atom. The number of rotatable bonds is 9. The van der Waals surface area contributed by atoms with Crippen LogP contribution in [-0.4, -0.2) is 80.8 Å². The Kier molecular flexibility index (Phi) is 10.6. The average Bonchev–Trinajstić information content (AvgIpc) is 3.48. The minimum absolute atomic E-state index is 0.507. The van der Waals surface area contributed by atoms with Crippen molar-refractivity contribution in [1.82, 2.24) is 27.3 Å². The van der Waals surface area contributed by atoms with E-state index >= 15 is 0 Å². The molecule has 34 heavy (non-hydrogen) atoms. The summed E-state index contributed by atoms with van der Waals surface area (Å²) in [5.74, 6) is 1.87. The van der Waals surface area contributed by atoms with Gasteiger partial charge in [-0.3, -0.25) is 0 Å². The Hall–Kier alpha value is -2.14. The van der Waals surface area contributed by atoms with Crippen LogP contribution in [0.3, 0.4) is 0 Å². The molecule has 0 N–H and O–H groups in total. The van der Waals surface area contributed by atoms with Gasteiger partial charge in [-0.2, -0.15) is 8.75 Å². The molecule has 0 saturated heterocycles. The van der Waals surface area contributed by atoms with E-state index in [4.69, 9.17) is 9.47 Å². The number of aromatic nitrogens is 4. The quantitative estimate of drug-likeness (QED) is 0.365. The summed E-state index contributed by atoms with van der Waals surface area (Å²) in [7, 11) is 4.24. The van der Waals surface area contributed by atoms with Crippen LogP contribution < -0.4 is 9.47 Å². The first-order valence-electron chi connectivity index (χ1n) is 11.8. The van der Waals surface area contributed by atoms with Gasteiger partial charge in [0.05, 0.1) is 36.7 Å². The fourth-order valence-electron chi connectivity index (χ4n) is 3.56. The van der Waals surface area contributed by atoms with Crippen molar-refractivity contribution in [3.8, 4) is 11.8 Å². The van der Waals surface area contributed by atoms with Gasteiger partial charge < -0.3 is 19.3 Å². The van der Waals surface area contributed by atoms with E-state index in [-0.39, 0.29) is 0 Å². The molecule has 8 nitrogen and oxygen atoms in total. The molecule has 0 fully saturated rings. The minimum atomic E-state index is 0.507. The van der Waals surface area contributed by atoms with Crippen molar-refractivity contribution in [3.63, 3.8) is 0 Å². The molecule has 0 radical (unpaired) electrons. The second kappa shape index (κ2) is 13.7. The lowest BCUT2D eigenvalue weighted by atomic mass is 10.1. The summed E-state index contributed by atoms with van der Waals surface area (Å²) in [5.41, 5.74) is 4.31. The molecule has 186 valence electrons. The van der Waals surface area contributed by atoms with Crippen molar-refractivity contribution in [2.24, 2.45) is 5.92 Å². The van der Waals surface area contributed by atoms with Crippen molar-refractivity contribution in [2.75, 3.05) is 53.5 Å². The molecular formula is C24H36N6O2S2. The van der Waals surface area contributed by atoms with E-state index in [0.717, 1.165) is 56.8 Å². The Balaban J connectivity index is 0.000000191. The van der Waals surface area contributed by atoms with E-state index in [0.29, 0.717) is 30.9 Å². The lowest BCUT2D eigenvalue weighted by Gasteiger charge is -2.22. The van der Waals surface area contributed by atoms with E-state index in [1.54, 1.807) is 0 Å². The van der Waals surface area contributed by atoms with Gasteiger partial charge in [0.2, 0.25) is 0 Å². The summed E-state index contributed by atoms with van der Waals surface area (Å²) >= 11 is 2.44. The van der Waals surface area contributed by atoms with Gasteiger partial charge >= 0.3 is 0 Å². The van der Waals surface area contributed by atoms with Crippen LogP contribution in [0.4, 0.5) is 0 Å². The fraction of sp³-hybridized carbons (Fsp3) is 0.583. The van der Waals surface area contributed by atoms with Crippen LogP contribution in [0.5, 0.6) is 11.8 Å². The highest BCUT2D eigenvalue weighted by Gasteiger charge is 2.19. The molecule has 2 aliphatic rings. The molecule has 0 aromatic carbocycles. The molecule has 10 heteroatoms. The van der Waals surface area contributed by atoms with Crippen LogP contribution in [0, 0.1) is 5.92 Å². The van der Waals surface area contributed by atoms with Crippen LogP contribution in [0.2, 0.25) is 0 Å². The van der Waals surface area contributed by atoms with Gasteiger partial charge in [-0.15, -0.1) is 15.3 Å². The van der Waals surface area contributed by atoms with Gasteiger partial charge in [-0.1, -0.05) is 32.1 Å². The molecule has 0 bridgehead atoms. The molecule has 0 amide bonds. The van der Waals surface area contributed by atoms with Crippen LogP contribution in [0.1, 0.15) is 44.5 Å². The summed E-state index contributed by atoms with van der Waals surface area (Å²) in [6.45, 7) is 13.3. The Morgan fingerprint density at radius 3 is 1.91 bits per heavy atom. The fourth-order valence-corrected chi connectivity index (χ4v) is 4.62. The van der Waals surface area contributed by atoms with Crippen LogP contribution >= 0.6 is 23.5 Å². The minimum Gasteiger partial charge on any atom is -0.475 e. The van der Waals surface area contributed by atoms with Gasteiger partial charge in [-0.25, -0.2) is 0 Å². The number of likely N-dealkylation sites (N-methyl/N-ethyl adjacent to an activating group) is 2. The summed E-state index contributed by atoms with van der Waals surface area (Å²) in [6.07, 6.45) is 9.29. The van der Waals surface area contributed by atoms with Crippen molar-refractivity contribution < 1.29 is 9.47 Å². The van der Waals surface area contributed by atoms with Crippen molar-refractivity contribution in [2.45, 2.75) is 33.1 Å². The lowest BCUT2D eigenvalue weighted by Crippen LogP contribution is -2.25. The summed E-state index contributed by atoms with van der Waals surface area (Å²) in [4.78, 5) is 4.57. The van der Waals surface area contributed by atoms with E-state index in [1.165, 1.54) is 34.6 Å². The van der Waals surface area contributed by atoms with Gasteiger partial charge in [0.25, 0.3) is 11.8 Å². The first-order valence-corrected chi connectivity index (χ1v) is 13.2. The molecule has 0 atom stereocenters. The highest BCUT2D eigenvalue weighted by molar-refractivity contribution is 6.99. The van der Waals surface area contributed by atoms with Crippen LogP contribution in [0.25, 0.3) is 11.1 Å². The van der Waals surface area contributed by atoms with Gasteiger partial charge in [-0.05, 0) is 50.4 Å². The first-order chi connectivity index (χ1) is 16.5. The zero-order valence-electron chi connectivity index (χ0n) is 20.7. The molecule has 4 rings (SSSR count). The smallest absolute Gasteiger partial charge is 0.253 e. The summed E-state index contributed by atoms with van der Waals surface area (Å²) in [6, 6.07) is 0. The number of nitrogens with zero attached hydrogens (tertiary/aromatic N) is 6. The van der Waals surface area contributed by atoms with E-state index < -0.39 is 0 Å². The molecule has 0 aliphatic carbocycles. The Bertz CT molecular complexity index is 968. The monoisotopic (exact) mass is 504 g/mol. The molecule has 0 unspecified atom stereocenters. The molecular weight excluding hydrogens is 468 g/mol. The zero-order chi connectivity index (χ0) is 24.3. The molecule has 2 aromatic rings. The summed E-state index contributed by atoms with van der Waals surface area (Å²) < 4.78 is 28.5. The third-order valence-corrected chi connectivity index (χ3v) is 6.35. The number of ether oxygens (including phenoxy) is 2. The predicted octanol–water partition coefficient (Wildman–Crippen LogP) is 4.50. The second-order valence-electron chi connectivity index (χ2n) is 8.98. The third kappa shape index (κ3) is 7.97. The number of hydrogen-bond donors (Lipinski definition) is 0. The highest BCUT2D eigenvalue weighted by atomic mass is 32.1. The highest BCUT2D eigenvalue weighted by Crippen LogP contribution is 2.28. The van der Waals surface area contributed by atoms with Crippen LogP contribution in [0.15, 0.2) is 24.8 Å².